The number of rotatable bonds is 5. The van der Waals surface area contributed by atoms with Crippen LogP contribution in [0.3, 0.4) is 0 Å². The number of carbonyl (C=O) groups is 2. The number of hydrogen-bond acceptors (Lipinski definition) is 2. The van der Waals surface area contributed by atoms with Crippen molar-refractivity contribution >= 4 is 23.4 Å². The summed E-state index contributed by atoms with van der Waals surface area (Å²) >= 11 is 5.76. The van der Waals surface area contributed by atoms with Gasteiger partial charge in [0.2, 0.25) is 5.91 Å². The molecule has 0 aliphatic carbocycles. The lowest BCUT2D eigenvalue weighted by Gasteiger charge is -2.09. The van der Waals surface area contributed by atoms with Gasteiger partial charge in [-0.3, -0.25) is 9.59 Å². The van der Waals surface area contributed by atoms with Crippen LogP contribution in [0.4, 0.5) is 4.39 Å². The first-order valence-corrected chi connectivity index (χ1v) is 6.30. The molecule has 0 aliphatic rings. The van der Waals surface area contributed by atoms with Gasteiger partial charge in [-0.1, -0.05) is 25.4 Å². The average molecular weight is 287 g/mol. The first-order valence-electron chi connectivity index (χ1n) is 5.92. The van der Waals surface area contributed by atoms with Crippen molar-refractivity contribution in [3.05, 3.63) is 34.6 Å². The third-order valence-corrected chi connectivity index (χ3v) is 2.72. The highest BCUT2D eigenvalue weighted by Crippen LogP contribution is 2.16. The lowest BCUT2D eigenvalue weighted by Crippen LogP contribution is -2.36. The Morgan fingerprint density at radius 3 is 2.47 bits per heavy atom. The number of nitrogens with one attached hydrogen (secondary N) is 2. The molecule has 4 nitrogen and oxygen atoms in total. The largest absolute Gasteiger partial charge is 0.354 e. The van der Waals surface area contributed by atoms with Crippen LogP contribution in [0.1, 0.15) is 24.2 Å². The Bertz CT molecular complexity index is 478. The maximum atomic E-state index is 12.8. The van der Waals surface area contributed by atoms with Gasteiger partial charge in [-0.15, -0.1) is 0 Å². The summed E-state index contributed by atoms with van der Waals surface area (Å²) in [6.07, 6.45) is 0. The molecule has 0 unspecified atom stereocenters. The molecule has 19 heavy (non-hydrogen) atoms. The molecule has 1 rings (SSSR count). The fourth-order valence-corrected chi connectivity index (χ4v) is 1.59. The van der Waals surface area contributed by atoms with E-state index >= 15 is 0 Å². The Morgan fingerprint density at radius 2 is 1.89 bits per heavy atom. The lowest BCUT2D eigenvalue weighted by molar-refractivity contribution is -0.123. The summed E-state index contributed by atoms with van der Waals surface area (Å²) in [4.78, 5) is 23.0. The predicted molar refractivity (Wildman–Crippen MR) is 71.6 cm³/mol. The monoisotopic (exact) mass is 286 g/mol. The van der Waals surface area contributed by atoms with Crippen LogP contribution in [0, 0.1) is 11.7 Å². The standard InChI is InChI=1S/C13H16ClFN2O2/c1-8(2)12(18)16-5-6-17-13(19)10-4-3-9(15)7-11(10)14/h3-4,7-8H,5-6H2,1-2H3,(H,16,18)(H,17,19). The summed E-state index contributed by atoms with van der Waals surface area (Å²) in [6, 6.07) is 3.57. The van der Waals surface area contributed by atoms with E-state index in [1.165, 1.54) is 12.1 Å². The van der Waals surface area contributed by atoms with Crippen LogP contribution in [0.15, 0.2) is 18.2 Å². The van der Waals surface area contributed by atoms with Crippen molar-refractivity contribution in [2.45, 2.75) is 13.8 Å². The average Bonchev–Trinajstić information content (AvgIpc) is 2.33. The van der Waals surface area contributed by atoms with Gasteiger partial charge >= 0.3 is 0 Å². The van der Waals surface area contributed by atoms with Gasteiger partial charge in [0.15, 0.2) is 0 Å². The fraction of sp³-hybridized carbons (Fsp3) is 0.385. The summed E-state index contributed by atoms with van der Waals surface area (Å²) in [5, 5.41) is 5.32. The van der Waals surface area contributed by atoms with E-state index in [4.69, 9.17) is 11.6 Å². The third-order valence-electron chi connectivity index (χ3n) is 2.41. The maximum Gasteiger partial charge on any atom is 0.252 e. The smallest absolute Gasteiger partial charge is 0.252 e. The number of benzene rings is 1. The Balaban J connectivity index is 2.41. The van der Waals surface area contributed by atoms with Gasteiger partial charge < -0.3 is 10.6 Å². The van der Waals surface area contributed by atoms with Crippen LogP contribution in [0.25, 0.3) is 0 Å². The van der Waals surface area contributed by atoms with Crippen molar-refractivity contribution < 1.29 is 14.0 Å². The number of halogens is 2. The number of hydrogen-bond donors (Lipinski definition) is 2. The molecule has 104 valence electrons. The minimum absolute atomic E-state index is 0.0590. The van der Waals surface area contributed by atoms with Crippen molar-refractivity contribution in [2.75, 3.05) is 13.1 Å². The highest BCUT2D eigenvalue weighted by Gasteiger charge is 2.11. The second-order valence-corrected chi connectivity index (χ2v) is 4.73. The van der Waals surface area contributed by atoms with E-state index in [1.807, 2.05) is 0 Å². The molecule has 0 bridgehead atoms. The minimum Gasteiger partial charge on any atom is -0.354 e. The topological polar surface area (TPSA) is 58.2 Å². The molecule has 1 aromatic carbocycles. The Labute approximate surface area is 116 Å². The molecule has 0 atom stereocenters. The quantitative estimate of drug-likeness (QED) is 0.813. The summed E-state index contributed by atoms with van der Waals surface area (Å²) in [6.45, 7) is 4.19. The molecule has 2 amide bonds. The maximum absolute atomic E-state index is 12.8. The molecule has 0 radical (unpaired) electrons. The first kappa shape index (κ1) is 15.4. The molecule has 0 aliphatic heterocycles. The highest BCUT2D eigenvalue weighted by atomic mass is 35.5. The van der Waals surface area contributed by atoms with Gasteiger partial charge in [0.25, 0.3) is 5.91 Å². The van der Waals surface area contributed by atoms with Gasteiger partial charge in [0.05, 0.1) is 10.6 Å². The summed E-state index contributed by atoms with van der Waals surface area (Å²) in [5.74, 6) is -1.06. The van der Waals surface area contributed by atoms with Crippen LogP contribution in [-0.2, 0) is 4.79 Å². The first-order chi connectivity index (χ1) is 8.91. The molecule has 0 heterocycles. The highest BCUT2D eigenvalue weighted by molar-refractivity contribution is 6.33. The fourth-order valence-electron chi connectivity index (χ4n) is 1.33. The van der Waals surface area contributed by atoms with Gasteiger partial charge in [-0.25, -0.2) is 4.39 Å². The zero-order valence-corrected chi connectivity index (χ0v) is 11.6. The van der Waals surface area contributed by atoms with E-state index in [9.17, 15) is 14.0 Å². The summed E-state index contributed by atoms with van der Waals surface area (Å²) in [5.41, 5.74) is 0.207. The van der Waals surface area contributed by atoms with Gasteiger partial charge in [-0.2, -0.15) is 0 Å². The lowest BCUT2D eigenvalue weighted by atomic mass is 10.2. The van der Waals surface area contributed by atoms with Gasteiger partial charge in [0, 0.05) is 19.0 Å². The molecule has 0 saturated heterocycles. The van der Waals surface area contributed by atoms with Crippen molar-refractivity contribution in [1.29, 1.82) is 0 Å². The van der Waals surface area contributed by atoms with Crippen LogP contribution >= 0.6 is 11.6 Å². The Kier molecular flexibility index (Phi) is 5.76. The van der Waals surface area contributed by atoms with Crippen molar-refractivity contribution in [3.63, 3.8) is 0 Å². The third kappa shape index (κ3) is 4.87. The van der Waals surface area contributed by atoms with Crippen LogP contribution in [0.2, 0.25) is 5.02 Å². The number of carbonyl (C=O) groups excluding carboxylic acids is 2. The Hall–Kier alpha value is -1.62. The molecule has 1 aromatic rings. The zero-order valence-electron chi connectivity index (χ0n) is 10.8. The van der Waals surface area contributed by atoms with Crippen molar-refractivity contribution in [2.24, 2.45) is 5.92 Å². The van der Waals surface area contributed by atoms with Crippen molar-refractivity contribution in [1.82, 2.24) is 10.6 Å². The summed E-state index contributed by atoms with van der Waals surface area (Å²) < 4.78 is 12.8. The normalized spacial score (nSPS) is 10.4. The molecule has 0 saturated carbocycles. The molecule has 0 spiro atoms. The molecule has 0 fully saturated rings. The van der Waals surface area contributed by atoms with Gasteiger partial charge in [0.1, 0.15) is 5.82 Å². The van der Waals surface area contributed by atoms with E-state index in [1.54, 1.807) is 13.8 Å². The van der Waals surface area contributed by atoms with E-state index in [0.29, 0.717) is 6.54 Å². The molecule has 2 N–H and O–H groups in total. The van der Waals surface area contributed by atoms with E-state index < -0.39 is 11.7 Å². The van der Waals surface area contributed by atoms with Crippen LogP contribution in [0.5, 0.6) is 0 Å². The Morgan fingerprint density at radius 1 is 1.26 bits per heavy atom. The van der Waals surface area contributed by atoms with E-state index in [0.717, 1.165) is 6.07 Å². The molecular formula is C13H16ClFN2O2. The molecule has 0 aromatic heterocycles. The second kappa shape index (κ2) is 7.09. The molecular weight excluding hydrogens is 271 g/mol. The van der Waals surface area contributed by atoms with Crippen LogP contribution in [-0.4, -0.2) is 24.9 Å². The second-order valence-electron chi connectivity index (χ2n) is 4.33. The van der Waals surface area contributed by atoms with Crippen molar-refractivity contribution in [3.8, 4) is 0 Å². The zero-order chi connectivity index (χ0) is 14.4. The SMILES string of the molecule is CC(C)C(=O)NCCNC(=O)c1ccc(F)cc1Cl. The predicted octanol–water partition coefficient (Wildman–Crippen LogP) is 1.98. The molecule has 6 heteroatoms. The minimum atomic E-state index is -0.495. The van der Waals surface area contributed by atoms with Gasteiger partial charge in [-0.05, 0) is 18.2 Å². The van der Waals surface area contributed by atoms with E-state index in [2.05, 4.69) is 10.6 Å². The van der Waals surface area contributed by atoms with E-state index in [-0.39, 0.29) is 29.0 Å². The van der Waals surface area contributed by atoms with Crippen LogP contribution < -0.4 is 10.6 Å². The summed E-state index contributed by atoms with van der Waals surface area (Å²) in [7, 11) is 0. The number of amides is 2.